The first-order valence-corrected chi connectivity index (χ1v) is 12.0. The number of halogens is 1. The van der Waals surface area contributed by atoms with Crippen molar-refractivity contribution in [2.45, 2.75) is 24.0 Å². The van der Waals surface area contributed by atoms with E-state index in [9.17, 15) is 9.18 Å². The van der Waals surface area contributed by atoms with Crippen LogP contribution in [0, 0.1) is 11.7 Å². The Labute approximate surface area is 194 Å². The van der Waals surface area contributed by atoms with Crippen LogP contribution in [0.5, 0.6) is 0 Å². The standard InChI is InChI=1S/C26H21FN4OS/c27-18-12-9-17(10-13-18)25-20-14-11-16-5-1-2-6-19(16)24(20)30-31(25)23(32)15-33-26-28-21-7-3-4-8-22(21)29-26/h1-10,12-13,20,25H,11,14-15H2,(H,28,29). The number of aromatic amines is 1. The molecule has 0 bridgehead atoms. The van der Waals surface area contributed by atoms with Crippen molar-refractivity contribution in [3.8, 4) is 0 Å². The Hall–Kier alpha value is -3.45. The molecule has 164 valence electrons. The molecule has 0 saturated heterocycles. The number of carbonyl (C=O) groups is 1. The largest absolute Gasteiger partial charge is 0.333 e. The molecule has 7 heteroatoms. The van der Waals surface area contributed by atoms with Gasteiger partial charge in [0.05, 0.1) is 28.5 Å². The third kappa shape index (κ3) is 3.62. The Morgan fingerprint density at radius 3 is 2.70 bits per heavy atom. The van der Waals surface area contributed by atoms with Gasteiger partial charge in [-0.05, 0) is 48.2 Å². The summed E-state index contributed by atoms with van der Waals surface area (Å²) in [6.45, 7) is 0. The fourth-order valence-corrected chi connectivity index (χ4v) is 5.60. The molecule has 6 rings (SSSR count). The van der Waals surface area contributed by atoms with Crippen LogP contribution in [0.3, 0.4) is 0 Å². The Morgan fingerprint density at radius 2 is 1.85 bits per heavy atom. The number of imidazole rings is 1. The second kappa shape index (κ2) is 8.15. The summed E-state index contributed by atoms with van der Waals surface area (Å²) in [4.78, 5) is 21.2. The van der Waals surface area contributed by atoms with Gasteiger partial charge in [0.15, 0.2) is 5.16 Å². The zero-order valence-corrected chi connectivity index (χ0v) is 18.6. The van der Waals surface area contributed by atoms with E-state index < -0.39 is 0 Å². The maximum atomic E-state index is 13.6. The predicted octanol–water partition coefficient (Wildman–Crippen LogP) is 5.34. The number of amides is 1. The van der Waals surface area contributed by atoms with Gasteiger partial charge in [0, 0.05) is 11.5 Å². The summed E-state index contributed by atoms with van der Waals surface area (Å²) >= 11 is 1.37. The quantitative estimate of drug-likeness (QED) is 0.422. The maximum Gasteiger partial charge on any atom is 0.253 e. The van der Waals surface area contributed by atoms with Crippen molar-refractivity contribution in [1.82, 2.24) is 15.0 Å². The molecule has 2 aliphatic rings. The van der Waals surface area contributed by atoms with Gasteiger partial charge in [-0.1, -0.05) is 60.3 Å². The van der Waals surface area contributed by atoms with E-state index in [1.54, 1.807) is 17.1 Å². The number of nitrogens with zero attached hydrogens (tertiary/aromatic N) is 3. The molecule has 1 amide bonds. The van der Waals surface area contributed by atoms with Crippen LogP contribution >= 0.6 is 11.8 Å². The van der Waals surface area contributed by atoms with Crippen LogP contribution < -0.4 is 0 Å². The Bertz CT molecular complexity index is 1350. The van der Waals surface area contributed by atoms with E-state index in [2.05, 4.69) is 22.1 Å². The van der Waals surface area contributed by atoms with E-state index in [4.69, 9.17) is 5.10 Å². The van der Waals surface area contributed by atoms with Crippen LogP contribution in [0.15, 0.2) is 83.1 Å². The minimum absolute atomic E-state index is 0.0884. The SMILES string of the molecule is O=C(CSc1nc2ccccc2[nH]1)N1N=C2c3ccccc3CCC2C1c1ccc(F)cc1. The number of fused-ring (bicyclic) bond motifs is 4. The average Bonchev–Trinajstić information content (AvgIpc) is 3.44. The van der Waals surface area contributed by atoms with Gasteiger partial charge in [0.25, 0.3) is 5.91 Å². The normalized spacial score (nSPS) is 19.3. The topological polar surface area (TPSA) is 61.4 Å². The van der Waals surface area contributed by atoms with Crippen molar-refractivity contribution in [3.05, 3.63) is 95.3 Å². The molecule has 1 aliphatic carbocycles. The van der Waals surface area contributed by atoms with E-state index in [0.717, 1.165) is 40.7 Å². The van der Waals surface area contributed by atoms with Crippen LogP contribution in [-0.4, -0.2) is 32.3 Å². The van der Waals surface area contributed by atoms with Crippen LogP contribution in [-0.2, 0) is 11.2 Å². The minimum Gasteiger partial charge on any atom is -0.333 e. The van der Waals surface area contributed by atoms with Crippen LogP contribution in [0.4, 0.5) is 4.39 Å². The number of carbonyl (C=O) groups excluding carboxylic acids is 1. The molecule has 5 nitrogen and oxygen atoms in total. The molecular weight excluding hydrogens is 435 g/mol. The molecule has 2 unspecified atom stereocenters. The predicted molar refractivity (Wildman–Crippen MR) is 128 cm³/mol. The number of aromatic nitrogens is 2. The molecule has 0 radical (unpaired) electrons. The van der Waals surface area contributed by atoms with Crippen LogP contribution in [0.2, 0.25) is 0 Å². The highest BCUT2D eigenvalue weighted by molar-refractivity contribution is 7.99. The summed E-state index contributed by atoms with van der Waals surface area (Å²) in [5.74, 6) is -0.0762. The smallest absolute Gasteiger partial charge is 0.253 e. The van der Waals surface area contributed by atoms with Gasteiger partial charge in [-0.15, -0.1) is 0 Å². The number of hydrogen-bond acceptors (Lipinski definition) is 4. The Morgan fingerprint density at radius 1 is 1.06 bits per heavy atom. The lowest BCUT2D eigenvalue weighted by Crippen LogP contribution is -2.33. The summed E-state index contributed by atoms with van der Waals surface area (Å²) in [6, 6.07) is 22.3. The molecule has 0 spiro atoms. The van der Waals surface area contributed by atoms with E-state index in [1.165, 1.54) is 29.5 Å². The second-order valence-electron chi connectivity index (χ2n) is 8.37. The molecule has 33 heavy (non-hydrogen) atoms. The first kappa shape index (κ1) is 20.2. The molecule has 1 aromatic heterocycles. The van der Waals surface area contributed by atoms with Gasteiger partial charge in [-0.25, -0.2) is 14.4 Å². The van der Waals surface area contributed by atoms with E-state index in [0.29, 0.717) is 5.16 Å². The minimum atomic E-state index is -0.287. The first-order valence-electron chi connectivity index (χ1n) is 11.0. The molecule has 1 N–H and O–H groups in total. The highest BCUT2D eigenvalue weighted by Gasteiger charge is 2.43. The summed E-state index contributed by atoms with van der Waals surface area (Å²) in [5, 5.41) is 7.17. The molecule has 4 aromatic rings. The Balaban J connectivity index is 1.31. The van der Waals surface area contributed by atoms with Crippen molar-refractivity contribution in [2.24, 2.45) is 11.0 Å². The maximum absolute atomic E-state index is 13.6. The summed E-state index contributed by atoms with van der Waals surface area (Å²) < 4.78 is 13.6. The van der Waals surface area contributed by atoms with Crippen LogP contribution in [0.1, 0.15) is 29.2 Å². The Kier molecular flexibility index (Phi) is 4.99. The zero-order valence-electron chi connectivity index (χ0n) is 17.7. The third-order valence-electron chi connectivity index (χ3n) is 6.40. The molecule has 1 aliphatic heterocycles. The van der Waals surface area contributed by atoms with E-state index in [-0.39, 0.29) is 29.4 Å². The highest BCUT2D eigenvalue weighted by atomic mass is 32.2. The lowest BCUT2D eigenvalue weighted by Gasteiger charge is -2.29. The number of hydrogen-bond donors (Lipinski definition) is 1. The van der Waals surface area contributed by atoms with Crippen molar-refractivity contribution in [1.29, 1.82) is 0 Å². The van der Waals surface area contributed by atoms with Crippen molar-refractivity contribution >= 4 is 34.4 Å². The number of rotatable bonds is 4. The van der Waals surface area contributed by atoms with Crippen molar-refractivity contribution in [2.75, 3.05) is 5.75 Å². The fourth-order valence-electron chi connectivity index (χ4n) is 4.86. The van der Waals surface area contributed by atoms with Gasteiger partial charge in [0.2, 0.25) is 0 Å². The molecule has 2 atom stereocenters. The lowest BCUT2D eigenvalue weighted by molar-refractivity contribution is -0.130. The van der Waals surface area contributed by atoms with Crippen LogP contribution in [0.25, 0.3) is 11.0 Å². The number of hydrazone groups is 1. The highest BCUT2D eigenvalue weighted by Crippen LogP contribution is 2.43. The van der Waals surface area contributed by atoms with E-state index >= 15 is 0 Å². The molecule has 0 fully saturated rings. The number of H-pyrrole nitrogens is 1. The fraction of sp³-hybridized carbons (Fsp3) is 0.192. The van der Waals surface area contributed by atoms with Gasteiger partial charge in [0.1, 0.15) is 5.82 Å². The number of benzene rings is 3. The molecule has 2 heterocycles. The van der Waals surface area contributed by atoms with Gasteiger partial charge in [-0.3, -0.25) is 4.79 Å². The average molecular weight is 457 g/mol. The van der Waals surface area contributed by atoms with Crippen molar-refractivity contribution in [3.63, 3.8) is 0 Å². The summed E-state index contributed by atoms with van der Waals surface area (Å²) in [5.41, 5.74) is 6.05. The van der Waals surface area contributed by atoms with Gasteiger partial charge < -0.3 is 4.98 Å². The third-order valence-corrected chi connectivity index (χ3v) is 7.25. The molecular formula is C26H21FN4OS. The number of nitrogens with one attached hydrogen (secondary N) is 1. The monoisotopic (exact) mass is 456 g/mol. The zero-order chi connectivity index (χ0) is 22.4. The molecule has 3 aromatic carbocycles. The van der Waals surface area contributed by atoms with Gasteiger partial charge in [-0.2, -0.15) is 5.10 Å². The number of thioether (sulfide) groups is 1. The number of aryl methyl sites for hydroxylation is 1. The van der Waals surface area contributed by atoms with Crippen molar-refractivity contribution < 1.29 is 9.18 Å². The lowest BCUT2D eigenvalue weighted by atomic mass is 9.77. The first-order chi connectivity index (χ1) is 16.2. The molecule has 0 saturated carbocycles. The second-order valence-corrected chi connectivity index (χ2v) is 9.33. The summed E-state index contributed by atoms with van der Waals surface area (Å²) in [7, 11) is 0. The van der Waals surface area contributed by atoms with E-state index in [1.807, 2.05) is 36.4 Å². The van der Waals surface area contributed by atoms with Gasteiger partial charge >= 0.3 is 0 Å². The summed E-state index contributed by atoms with van der Waals surface area (Å²) in [6.07, 6.45) is 1.84. The number of para-hydroxylation sites is 2.